The maximum Gasteiger partial charge on any atom is 0.417 e. The van der Waals surface area contributed by atoms with Crippen molar-refractivity contribution < 1.29 is 35.9 Å². The van der Waals surface area contributed by atoms with Crippen molar-refractivity contribution in [3.8, 4) is 5.88 Å². The number of likely N-dealkylation sites (N-methyl/N-ethyl adjacent to an activating group) is 1. The van der Waals surface area contributed by atoms with Gasteiger partial charge in [-0.3, -0.25) is 4.79 Å². The van der Waals surface area contributed by atoms with E-state index in [1.54, 1.807) is 13.8 Å². The van der Waals surface area contributed by atoms with Crippen molar-refractivity contribution in [3.05, 3.63) is 52.4 Å². The molecule has 0 saturated carbocycles. The van der Waals surface area contributed by atoms with Gasteiger partial charge in [0.25, 0.3) is 5.91 Å². The first kappa shape index (κ1) is 23.7. The van der Waals surface area contributed by atoms with Gasteiger partial charge < -0.3 is 9.64 Å². The van der Waals surface area contributed by atoms with Gasteiger partial charge in [0.1, 0.15) is 12.3 Å². The highest BCUT2D eigenvalue weighted by atomic mass is 35.5. The van der Waals surface area contributed by atoms with E-state index in [1.165, 1.54) is 4.90 Å². The van der Waals surface area contributed by atoms with Gasteiger partial charge in [-0.2, -0.15) is 26.3 Å². The van der Waals surface area contributed by atoms with E-state index in [-0.39, 0.29) is 24.7 Å². The number of carbonyl (C=O) groups is 1. The number of ether oxygens (including phenoxy) is 1. The molecule has 0 aliphatic heterocycles. The Labute approximate surface area is 172 Å². The molecule has 0 bridgehead atoms. The Kier molecular flexibility index (Phi) is 7.17. The minimum atomic E-state index is -4.65. The highest BCUT2D eigenvalue weighted by molar-refractivity contribution is 6.33. The van der Waals surface area contributed by atoms with E-state index in [0.717, 1.165) is 12.1 Å². The third-order valence-electron chi connectivity index (χ3n) is 4.04. The van der Waals surface area contributed by atoms with E-state index in [9.17, 15) is 31.1 Å². The quantitative estimate of drug-likeness (QED) is 0.569. The van der Waals surface area contributed by atoms with Gasteiger partial charge in [-0.15, -0.1) is 0 Å². The Morgan fingerprint density at radius 2 is 1.70 bits per heavy atom. The molecule has 0 aromatic carbocycles. The summed E-state index contributed by atoms with van der Waals surface area (Å²) in [6.07, 6.45) is -8.05. The van der Waals surface area contributed by atoms with Gasteiger partial charge in [-0.25, -0.2) is 9.97 Å². The van der Waals surface area contributed by atoms with Gasteiger partial charge in [0.2, 0.25) is 5.88 Å². The molecule has 1 atom stereocenters. The summed E-state index contributed by atoms with van der Waals surface area (Å²) in [5, 5.41) is -0.453. The monoisotopic (exact) mass is 455 g/mol. The van der Waals surface area contributed by atoms with Crippen LogP contribution in [0.15, 0.2) is 30.6 Å². The molecular formula is C18H16ClF6N3O2. The third kappa shape index (κ3) is 5.74. The van der Waals surface area contributed by atoms with Gasteiger partial charge >= 0.3 is 12.4 Å². The van der Waals surface area contributed by atoms with Gasteiger partial charge in [-0.1, -0.05) is 11.6 Å². The Bertz CT molecular complexity index is 887. The molecular weight excluding hydrogens is 440 g/mol. The van der Waals surface area contributed by atoms with Crippen LogP contribution in [0.2, 0.25) is 5.02 Å². The molecule has 0 aliphatic carbocycles. The van der Waals surface area contributed by atoms with Crippen molar-refractivity contribution in [2.24, 2.45) is 0 Å². The van der Waals surface area contributed by atoms with Crippen molar-refractivity contribution in [1.29, 1.82) is 0 Å². The fourth-order valence-corrected chi connectivity index (χ4v) is 2.72. The van der Waals surface area contributed by atoms with Crippen LogP contribution in [0.3, 0.4) is 0 Å². The molecule has 5 nitrogen and oxygen atoms in total. The molecule has 2 aromatic rings. The highest BCUT2D eigenvalue weighted by Crippen LogP contribution is 2.31. The summed E-state index contributed by atoms with van der Waals surface area (Å²) in [6, 6.07) is 1.86. The number of aromatic nitrogens is 2. The molecule has 1 amide bonds. The fourth-order valence-electron chi connectivity index (χ4n) is 2.47. The van der Waals surface area contributed by atoms with Gasteiger partial charge in [0, 0.05) is 25.0 Å². The normalized spacial score (nSPS) is 13.1. The Morgan fingerprint density at radius 3 is 2.17 bits per heavy atom. The molecule has 164 valence electrons. The minimum Gasteiger partial charge on any atom is -0.475 e. The van der Waals surface area contributed by atoms with Crippen molar-refractivity contribution in [3.63, 3.8) is 0 Å². The Hall–Kier alpha value is -2.56. The van der Waals surface area contributed by atoms with Gasteiger partial charge in [0.05, 0.1) is 22.2 Å². The lowest BCUT2D eigenvalue weighted by Gasteiger charge is -2.28. The summed E-state index contributed by atoms with van der Waals surface area (Å²) in [7, 11) is 0. The maximum atomic E-state index is 12.7. The summed E-state index contributed by atoms with van der Waals surface area (Å²) in [5.41, 5.74) is -2.38. The Balaban J connectivity index is 2.08. The van der Waals surface area contributed by atoms with Crippen molar-refractivity contribution in [2.45, 2.75) is 32.2 Å². The number of halogens is 7. The molecule has 2 aromatic heterocycles. The smallest absolute Gasteiger partial charge is 0.417 e. The van der Waals surface area contributed by atoms with Crippen LogP contribution in [0.4, 0.5) is 26.3 Å². The number of carbonyl (C=O) groups excluding carboxylic acids is 1. The number of hydrogen-bond acceptors (Lipinski definition) is 4. The van der Waals surface area contributed by atoms with E-state index >= 15 is 0 Å². The van der Waals surface area contributed by atoms with Crippen LogP contribution >= 0.6 is 11.6 Å². The van der Waals surface area contributed by atoms with Crippen molar-refractivity contribution in [2.75, 3.05) is 13.2 Å². The van der Waals surface area contributed by atoms with Crippen LogP contribution in [0.1, 0.15) is 35.5 Å². The topological polar surface area (TPSA) is 55.3 Å². The molecule has 0 saturated heterocycles. The number of nitrogens with zero attached hydrogens (tertiary/aromatic N) is 3. The second kappa shape index (κ2) is 9.07. The summed E-state index contributed by atoms with van der Waals surface area (Å²) in [5.74, 6) is -0.795. The molecule has 2 heterocycles. The lowest BCUT2D eigenvalue weighted by molar-refractivity contribution is -0.138. The summed E-state index contributed by atoms with van der Waals surface area (Å²) >= 11 is 5.82. The van der Waals surface area contributed by atoms with E-state index in [2.05, 4.69) is 9.97 Å². The molecule has 2 rings (SSSR count). The third-order valence-corrected chi connectivity index (χ3v) is 4.33. The van der Waals surface area contributed by atoms with E-state index in [0.29, 0.717) is 18.5 Å². The Morgan fingerprint density at radius 1 is 1.10 bits per heavy atom. The molecule has 0 N–H and O–H groups in total. The minimum absolute atomic E-state index is 0.0796. The number of alkyl halides is 6. The molecule has 0 fully saturated rings. The van der Waals surface area contributed by atoms with E-state index in [4.69, 9.17) is 16.3 Å². The second-order valence-electron chi connectivity index (χ2n) is 6.19. The van der Waals surface area contributed by atoms with Gasteiger partial charge in [0.15, 0.2) is 0 Å². The summed E-state index contributed by atoms with van der Waals surface area (Å²) in [6.45, 7) is 3.24. The fraction of sp³-hybridized carbons (Fsp3) is 0.389. The molecule has 30 heavy (non-hydrogen) atoms. The zero-order valence-electron chi connectivity index (χ0n) is 15.7. The first-order valence-corrected chi connectivity index (χ1v) is 8.92. The number of pyridine rings is 2. The van der Waals surface area contributed by atoms with Crippen LogP contribution in [-0.4, -0.2) is 40.0 Å². The van der Waals surface area contributed by atoms with Gasteiger partial charge in [-0.05, 0) is 26.0 Å². The molecule has 0 radical (unpaired) electrons. The second-order valence-corrected chi connectivity index (χ2v) is 6.59. The lowest BCUT2D eigenvalue weighted by Crippen LogP contribution is -2.42. The van der Waals surface area contributed by atoms with Crippen LogP contribution in [0.5, 0.6) is 5.88 Å². The largest absolute Gasteiger partial charge is 0.475 e. The first-order chi connectivity index (χ1) is 13.8. The first-order valence-electron chi connectivity index (χ1n) is 8.54. The number of hydrogen-bond donors (Lipinski definition) is 0. The van der Waals surface area contributed by atoms with E-state index in [1.807, 2.05) is 0 Å². The zero-order valence-corrected chi connectivity index (χ0v) is 16.4. The van der Waals surface area contributed by atoms with Crippen LogP contribution in [0, 0.1) is 0 Å². The van der Waals surface area contributed by atoms with Crippen molar-refractivity contribution in [1.82, 2.24) is 14.9 Å². The molecule has 0 unspecified atom stereocenters. The predicted octanol–water partition coefficient (Wildman–Crippen LogP) is 5.10. The predicted molar refractivity (Wildman–Crippen MR) is 95.2 cm³/mol. The highest BCUT2D eigenvalue weighted by Gasteiger charge is 2.33. The van der Waals surface area contributed by atoms with Crippen LogP contribution in [0.25, 0.3) is 0 Å². The summed E-state index contributed by atoms with van der Waals surface area (Å²) in [4.78, 5) is 21.0. The average Bonchev–Trinajstić information content (AvgIpc) is 2.65. The maximum absolute atomic E-state index is 12.7. The number of rotatable bonds is 6. The molecule has 12 heteroatoms. The standard InChI is InChI=1S/C18H16ClF6N3O2/c1-3-28(16(29)15-13(19)6-12(8-27-15)18(23,24)25)10(2)9-30-14-5-4-11(7-26-14)17(20,21)22/h4-8,10H,3,9H2,1-2H3/t10-/m0/s1. The molecule has 0 aliphatic rings. The van der Waals surface area contributed by atoms with Crippen LogP contribution < -0.4 is 4.74 Å². The SMILES string of the molecule is CCN(C(=O)c1ncc(C(F)(F)F)cc1Cl)[C@@H](C)COc1ccc(C(F)(F)F)cn1. The summed E-state index contributed by atoms with van der Waals surface area (Å²) < 4.78 is 81.2. The van der Waals surface area contributed by atoms with E-state index < -0.39 is 40.5 Å². The van der Waals surface area contributed by atoms with Crippen LogP contribution in [-0.2, 0) is 12.4 Å². The average molecular weight is 456 g/mol. The number of amides is 1. The lowest BCUT2D eigenvalue weighted by atomic mass is 10.2. The zero-order chi connectivity index (χ0) is 22.7. The molecule has 0 spiro atoms. The van der Waals surface area contributed by atoms with Crippen molar-refractivity contribution >= 4 is 17.5 Å².